The minimum Gasteiger partial charge on any atom is -0.497 e. The first-order chi connectivity index (χ1) is 9.15. The number of carbonyl (C=O) groups is 2. The summed E-state index contributed by atoms with van der Waals surface area (Å²) in [4.78, 5) is 24.3. The lowest BCUT2D eigenvalue weighted by atomic mass is 10.1. The van der Waals surface area contributed by atoms with Crippen LogP contribution in [0.15, 0.2) is 18.2 Å². The lowest BCUT2D eigenvalue weighted by molar-refractivity contribution is -0.139. The van der Waals surface area contributed by atoms with E-state index in [1.54, 1.807) is 19.1 Å². The Bertz CT molecular complexity index is 498. The van der Waals surface area contributed by atoms with Crippen LogP contribution in [0, 0.1) is 0 Å². The molecule has 102 valence electrons. The lowest BCUT2D eigenvalue weighted by Gasteiger charge is -2.16. The van der Waals surface area contributed by atoms with Crippen LogP contribution in [-0.2, 0) is 16.0 Å². The van der Waals surface area contributed by atoms with Gasteiger partial charge in [0.25, 0.3) is 5.91 Å². The quantitative estimate of drug-likeness (QED) is 0.745. The second kappa shape index (κ2) is 5.73. The van der Waals surface area contributed by atoms with Crippen LogP contribution in [-0.4, -0.2) is 43.9 Å². The smallest absolute Gasteiger partial charge is 0.290 e. The number of carbonyl (C=O) groups excluding carboxylic acids is 2. The summed E-state index contributed by atoms with van der Waals surface area (Å²) in [5.74, 6) is 0.845. The SMILES string of the molecule is COc1ccc(OC)c(CCN2CCC(=O)C2=O)c1. The number of Topliss-reactive ketones (excluding diaryl/α,β-unsaturated/α-hetero) is 1. The summed E-state index contributed by atoms with van der Waals surface area (Å²) in [7, 11) is 3.21. The number of amides is 1. The summed E-state index contributed by atoms with van der Waals surface area (Å²) in [6.07, 6.45) is 0.966. The molecule has 0 aromatic heterocycles. The van der Waals surface area contributed by atoms with E-state index >= 15 is 0 Å². The van der Waals surface area contributed by atoms with Gasteiger partial charge in [0.15, 0.2) is 0 Å². The van der Waals surface area contributed by atoms with Gasteiger partial charge in [-0.2, -0.15) is 0 Å². The number of ether oxygens (including phenoxy) is 2. The second-order valence-corrected chi connectivity index (χ2v) is 4.39. The molecule has 0 N–H and O–H groups in total. The summed E-state index contributed by atoms with van der Waals surface area (Å²) in [6, 6.07) is 5.55. The molecule has 0 unspecified atom stereocenters. The fourth-order valence-corrected chi connectivity index (χ4v) is 2.17. The average molecular weight is 263 g/mol. The molecular formula is C14H17NO4. The van der Waals surface area contributed by atoms with Crippen LogP contribution in [0.2, 0.25) is 0 Å². The van der Waals surface area contributed by atoms with Gasteiger partial charge < -0.3 is 14.4 Å². The molecule has 0 atom stereocenters. The van der Waals surface area contributed by atoms with Crippen molar-refractivity contribution in [3.8, 4) is 11.5 Å². The Morgan fingerprint density at radius 3 is 2.58 bits per heavy atom. The zero-order chi connectivity index (χ0) is 13.8. The maximum absolute atomic E-state index is 11.5. The molecule has 2 rings (SSSR count). The van der Waals surface area contributed by atoms with E-state index in [0.29, 0.717) is 25.9 Å². The molecular weight excluding hydrogens is 246 g/mol. The molecule has 0 radical (unpaired) electrons. The van der Waals surface area contributed by atoms with Gasteiger partial charge in [-0.05, 0) is 30.2 Å². The van der Waals surface area contributed by atoms with E-state index in [9.17, 15) is 9.59 Å². The zero-order valence-corrected chi connectivity index (χ0v) is 11.1. The second-order valence-electron chi connectivity index (χ2n) is 4.39. The van der Waals surface area contributed by atoms with Gasteiger partial charge in [0.05, 0.1) is 14.2 Å². The van der Waals surface area contributed by atoms with Crippen molar-refractivity contribution in [2.75, 3.05) is 27.3 Å². The Labute approximate surface area is 112 Å². The summed E-state index contributed by atoms with van der Waals surface area (Å²) >= 11 is 0. The average Bonchev–Trinajstić information content (AvgIpc) is 2.76. The number of ketones is 1. The molecule has 0 saturated carbocycles. The molecule has 1 aromatic rings. The fourth-order valence-electron chi connectivity index (χ4n) is 2.17. The van der Waals surface area contributed by atoms with Crippen molar-refractivity contribution in [2.24, 2.45) is 0 Å². The van der Waals surface area contributed by atoms with Crippen molar-refractivity contribution >= 4 is 11.7 Å². The van der Waals surface area contributed by atoms with E-state index in [0.717, 1.165) is 17.1 Å². The van der Waals surface area contributed by atoms with E-state index in [2.05, 4.69) is 0 Å². The predicted octanol–water partition coefficient (Wildman–Crippen LogP) is 1.05. The van der Waals surface area contributed by atoms with Gasteiger partial charge in [-0.3, -0.25) is 9.59 Å². The highest BCUT2D eigenvalue weighted by molar-refractivity contribution is 6.37. The van der Waals surface area contributed by atoms with Crippen LogP contribution in [0.25, 0.3) is 0 Å². The van der Waals surface area contributed by atoms with Crippen molar-refractivity contribution < 1.29 is 19.1 Å². The molecule has 19 heavy (non-hydrogen) atoms. The summed E-state index contributed by atoms with van der Waals surface area (Å²) in [5.41, 5.74) is 0.967. The van der Waals surface area contributed by atoms with Gasteiger partial charge >= 0.3 is 0 Å². The largest absolute Gasteiger partial charge is 0.497 e. The van der Waals surface area contributed by atoms with Crippen LogP contribution in [0.5, 0.6) is 11.5 Å². The molecule has 5 nitrogen and oxygen atoms in total. The molecule has 1 saturated heterocycles. The molecule has 1 fully saturated rings. The minimum atomic E-state index is -0.373. The van der Waals surface area contributed by atoms with Gasteiger partial charge in [-0.15, -0.1) is 0 Å². The van der Waals surface area contributed by atoms with Crippen molar-refractivity contribution in [2.45, 2.75) is 12.8 Å². The van der Waals surface area contributed by atoms with Crippen molar-refractivity contribution in [1.29, 1.82) is 0 Å². The maximum atomic E-state index is 11.5. The van der Waals surface area contributed by atoms with Crippen LogP contribution in [0.3, 0.4) is 0 Å². The van der Waals surface area contributed by atoms with Gasteiger partial charge in [0, 0.05) is 19.5 Å². The lowest BCUT2D eigenvalue weighted by Crippen LogP contribution is -2.29. The highest BCUT2D eigenvalue weighted by atomic mass is 16.5. The summed E-state index contributed by atoms with van der Waals surface area (Å²) in [5, 5.41) is 0. The first-order valence-corrected chi connectivity index (χ1v) is 6.18. The van der Waals surface area contributed by atoms with Crippen molar-refractivity contribution in [3.63, 3.8) is 0 Å². The minimum absolute atomic E-state index is 0.294. The van der Waals surface area contributed by atoms with E-state index in [-0.39, 0.29) is 11.7 Å². The Hall–Kier alpha value is -2.04. The monoisotopic (exact) mass is 263 g/mol. The highest BCUT2D eigenvalue weighted by Gasteiger charge is 2.28. The molecule has 1 heterocycles. The summed E-state index contributed by atoms with van der Waals surface area (Å²) < 4.78 is 10.5. The first-order valence-electron chi connectivity index (χ1n) is 6.18. The molecule has 0 bridgehead atoms. The van der Waals surface area contributed by atoms with Gasteiger partial charge in [0.1, 0.15) is 11.5 Å². The third kappa shape index (κ3) is 2.86. The van der Waals surface area contributed by atoms with E-state index in [4.69, 9.17) is 9.47 Å². The molecule has 1 aliphatic rings. The van der Waals surface area contributed by atoms with Crippen molar-refractivity contribution in [3.05, 3.63) is 23.8 Å². The molecule has 0 spiro atoms. The van der Waals surface area contributed by atoms with E-state index < -0.39 is 0 Å². The molecule has 1 aliphatic heterocycles. The van der Waals surface area contributed by atoms with Gasteiger partial charge in [0.2, 0.25) is 5.78 Å². The Morgan fingerprint density at radius 1 is 1.21 bits per heavy atom. The molecule has 5 heteroatoms. The maximum Gasteiger partial charge on any atom is 0.290 e. The fraction of sp³-hybridized carbons (Fsp3) is 0.429. The Kier molecular flexibility index (Phi) is 4.04. The number of hydrogen-bond donors (Lipinski definition) is 0. The number of rotatable bonds is 5. The van der Waals surface area contributed by atoms with Crippen LogP contribution < -0.4 is 9.47 Å². The van der Waals surface area contributed by atoms with E-state index in [1.807, 2.05) is 18.2 Å². The van der Waals surface area contributed by atoms with Crippen LogP contribution in [0.1, 0.15) is 12.0 Å². The number of methoxy groups -OCH3 is 2. The molecule has 0 aliphatic carbocycles. The van der Waals surface area contributed by atoms with Crippen LogP contribution >= 0.6 is 0 Å². The zero-order valence-electron chi connectivity index (χ0n) is 11.1. The highest BCUT2D eigenvalue weighted by Crippen LogP contribution is 2.24. The first kappa shape index (κ1) is 13.4. The van der Waals surface area contributed by atoms with Crippen LogP contribution in [0.4, 0.5) is 0 Å². The number of hydrogen-bond acceptors (Lipinski definition) is 4. The number of nitrogens with zero attached hydrogens (tertiary/aromatic N) is 1. The molecule has 1 amide bonds. The number of likely N-dealkylation sites (tertiary alicyclic amines) is 1. The molecule has 1 aromatic carbocycles. The third-order valence-electron chi connectivity index (χ3n) is 3.27. The topological polar surface area (TPSA) is 55.8 Å². The Morgan fingerprint density at radius 2 is 2.00 bits per heavy atom. The Balaban J connectivity index is 2.06. The van der Waals surface area contributed by atoms with Gasteiger partial charge in [-0.1, -0.05) is 0 Å². The predicted molar refractivity (Wildman–Crippen MR) is 69.5 cm³/mol. The van der Waals surface area contributed by atoms with Crippen molar-refractivity contribution in [1.82, 2.24) is 4.90 Å². The number of benzene rings is 1. The van der Waals surface area contributed by atoms with Gasteiger partial charge in [-0.25, -0.2) is 0 Å². The summed E-state index contributed by atoms with van der Waals surface area (Å²) in [6.45, 7) is 1.04. The third-order valence-corrected chi connectivity index (χ3v) is 3.27. The normalized spacial score (nSPS) is 14.9. The van der Waals surface area contributed by atoms with E-state index in [1.165, 1.54) is 0 Å². The standard InChI is InChI=1S/C14H17NO4/c1-18-11-3-4-13(19-2)10(9-11)5-7-15-8-6-12(16)14(15)17/h3-4,9H,5-8H2,1-2H3.